The van der Waals surface area contributed by atoms with Crippen molar-refractivity contribution in [3.8, 4) is 0 Å². The van der Waals surface area contributed by atoms with Crippen LogP contribution in [0.3, 0.4) is 0 Å². The number of ether oxygens (including phenoxy) is 1. The van der Waals surface area contributed by atoms with Crippen LogP contribution in [0.1, 0.15) is 38.4 Å². The number of amides is 2. The van der Waals surface area contributed by atoms with Gasteiger partial charge in [0.1, 0.15) is 0 Å². The number of hydrogen-bond donors (Lipinski definition) is 0. The Bertz CT molecular complexity index is 967. The molecule has 1 aromatic carbocycles. The van der Waals surface area contributed by atoms with Crippen molar-refractivity contribution in [3.05, 3.63) is 46.8 Å². The molecule has 4 rings (SSSR count). The molecule has 2 fully saturated rings. The number of aromatic nitrogens is 3. The highest BCUT2D eigenvalue weighted by molar-refractivity contribution is 5.95. The molecule has 10 heteroatoms. The molecule has 8 nitrogen and oxygen atoms in total. The summed E-state index contributed by atoms with van der Waals surface area (Å²) in [5.41, 5.74) is 2.34. The number of rotatable bonds is 4. The molecule has 1 atom stereocenters. The average molecular weight is 433 g/mol. The first-order chi connectivity index (χ1) is 14.7. The number of hydrogen-bond acceptors (Lipinski definition) is 5. The van der Waals surface area contributed by atoms with Crippen LogP contribution < -0.4 is 0 Å². The van der Waals surface area contributed by atoms with E-state index in [4.69, 9.17) is 4.74 Å². The van der Waals surface area contributed by atoms with Gasteiger partial charge in [0.2, 0.25) is 0 Å². The monoisotopic (exact) mass is 433 g/mol. The number of alkyl halides is 2. The summed E-state index contributed by atoms with van der Waals surface area (Å²) in [6.45, 7) is 4.99. The number of morpholine rings is 1. The zero-order valence-corrected chi connectivity index (χ0v) is 17.6. The molecule has 0 spiro atoms. The molecule has 0 unspecified atom stereocenters. The van der Waals surface area contributed by atoms with E-state index in [0.29, 0.717) is 31.9 Å². The molecular formula is C21H25F2N5O3. The van der Waals surface area contributed by atoms with E-state index >= 15 is 0 Å². The quantitative estimate of drug-likeness (QED) is 0.736. The van der Waals surface area contributed by atoms with Gasteiger partial charge in [0.15, 0.2) is 5.69 Å². The number of aryl methyl sites for hydroxylation is 2. The third-order valence-electron chi connectivity index (χ3n) is 5.56. The topological polar surface area (TPSA) is 80.6 Å². The van der Waals surface area contributed by atoms with Gasteiger partial charge in [-0.15, -0.1) is 5.10 Å². The summed E-state index contributed by atoms with van der Waals surface area (Å²) < 4.78 is 35.1. The summed E-state index contributed by atoms with van der Waals surface area (Å²) in [6, 6.07) is 4.58. The fourth-order valence-electron chi connectivity index (χ4n) is 4.19. The SMILES string of the molecule is Cc1cc(C)cc(C(=O)N2CC(F)(F)C[C@H]2Cn2cc(C(=O)N3CCOCC3)nn2)c1. The molecule has 0 radical (unpaired) electrons. The first-order valence-corrected chi connectivity index (χ1v) is 10.3. The van der Waals surface area contributed by atoms with Crippen LogP contribution in [0.4, 0.5) is 8.78 Å². The Kier molecular flexibility index (Phi) is 5.74. The van der Waals surface area contributed by atoms with Gasteiger partial charge in [-0.3, -0.25) is 9.59 Å². The maximum absolute atomic E-state index is 14.2. The number of likely N-dealkylation sites (tertiary alicyclic amines) is 1. The number of halogens is 2. The molecule has 1 aromatic heterocycles. The Hall–Kier alpha value is -2.88. The molecule has 0 aliphatic carbocycles. The van der Waals surface area contributed by atoms with Crippen molar-refractivity contribution < 1.29 is 23.1 Å². The maximum Gasteiger partial charge on any atom is 0.276 e. The second-order valence-electron chi connectivity index (χ2n) is 8.25. The van der Waals surface area contributed by atoms with Crippen LogP contribution in [-0.4, -0.2) is 81.4 Å². The third kappa shape index (κ3) is 4.73. The fourth-order valence-corrected chi connectivity index (χ4v) is 4.19. The molecule has 0 N–H and O–H groups in total. The largest absolute Gasteiger partial charge is 0.378 e. The van der Waals surface area contributed by atoms with Crippen LogP contribution in [0.5, 0.6) is 0 Å². The van der Waals surface area contributed by atoms with Crippen LogP contribution in [-0.2, 0) is 11.3 Å². The minimum absolute atomic E-state index is 0.0372. The van der Waals surface area contributed by atoms with Crippen molar-refractivity contribution in [1.29, 1.82) is 0 Å². The lowest BCUT2D eigenvalue weighted by atomic mass is 10.1. The van der Waals surface area contributed by atoms with Gasteiger partial charge in [-0.2, -0.15) is 0 Å². The van der Waals surface area contributed by atoms with E-state index in [0.717, 1.165) is 11.1 Å². The smallest absolute Gasteiger partial charge is 0.276 e. The highest BCUT2D eigenvalue weighted by Gasteiger charge is 2.47. The Morgan fingerprint density at radius 3 is 2.48 bits per heavy atom. The first-order valence-electron chi connectivity index (χ1n) is 10.3. The normalized spacial score (nSPS) is 20.8. The van der Waals surface area contributed by atoms with Gasteiger partial charge in [0.25, 0.3) is 17.7 Å². The van der Waals surface area contributed by atoms with Crippen LogP contribution in [0.2, 0.25) is 0 Å². The molecule has 3 heterocycles. The lowest BCUT2D eigenvalue weighted by Crippen LogP contribution is -2.40. The van der Waals surface area contributed by atoms with E-state index in [1.807, 2.05) is 19.9 Å². The van der Waals surface area contributed by atoms with Crippen molar-refractivity contribution in [1.82, 2.24) is 24.8 Å². The van der Waals surface area contributed by atoms with E-state index in [2.05, 4.69) is 10.3 Å². The van der Waals surface area contributed by atoms with E-state index < -0.39 is 30.8 Å². The van der Waals surface area contributed by atoms with Crippen LogP contribution in [0.15, 0.2) is 24.4 Å². The molecule has 2 amide bonds. The average Bonchev–Trinajstić information content (AvgIpc) is 3.30. The number of carbonyl (C=O) groups excluding carboxylic acids is 2. The molecule has 2 aromatic rings. The van der Waals surface area contributed by atoms with E-state index in [1.165, 1.54) is 15.8 Å². The Morgan fingerprint density at radius 2 is 1.81 bits per heavy atom. The lowest BCUT2D eigenvalue weighted by Gasteiger charge is -2.25. The van der Waals surface area contributed by atoms with Crippen molar-refractivity contribution in [3.63, 3.8) is 0 Å². The van der Waals surface area contributed by atoms with Crippen molar-refractivity contribution in [2.75, 3.05) is 32.8 Å². The Labute approximate surface area is 178 Å². The van der Waals surface area contributed by atoms with Crippen molar-refractivity contribution in [2.45, 2.75) is 38.8 Å². The molecular weight excluding hydrogens is 408 g/mol. The lowest BCUT2D eigenvalue weighted by molar-refractivity contribution is 0.0117. The summed E-state index contributed by atoms with van der Waals surface area (Å²) in [4.78, 5) is 28.4. The van der Waals surface area contributed by atoms with Gasteiger partial charge >= 0.3 is 0 Å². The van der Waals surface area contributed by atoms with Gasteiger partial charge in [0.05, 0.1) is 38.5 Å². The van der Waals surface area contributed by atoms with Gasteiger partial charge in [-0.25, -0.2) is 13.5 Å². The standard InChI is InChI=1S/C21H25F2N5O3/c1-14-7-15(2)9-16(8-14)19(29)28-13-21(22,23)10-17(28)11-27-12-18(24-25-27)20(30)26-3-5-31-6-4-26/h7-9,12,17H,3-6,10-11,13H2,1-2H3/t17-/m0/s1. The van der Waals surface area contributed by atoms with Gasteiger partial charge in [0, 0.05) is 25.1 Å². The van der Waals surface area contributed by atoms with Gasteiger partial charge < -0.3 is 14.5 Å². The Balaban J connectivity index is 1.50. The van der Waals surface area contributed by atoms with Crippen molar-refractivity contribution in [2.24, 2.45) is 0 Å². The van der Waals surface area contributed by atoms with Crippen LogP contribution in [0.25, 0.3) is 0 Å². The summed E-state index contributed by atoms with van der Waals surface area (Å²) in [6.07, 6.45) is 0.990. The van der Waals surface area contributed by atoms with Crippen molar-refractivity contribution >= 4 is 11.8 Å². The zero-order chi connectivity index (χ0) is 22.2. The molecule has 2 saturated heterocycles. The molecule has 166 valence electrons. The number of carbonyl (C=O) groups is 2. The molecule has 31 heavy (non-hydrogen) atoms. The van der Waals surface area contributed by atoms with E-state index in [1.54, 1.807) is 17.0 Å². The predicted octanol–water partition coefficient (Wildman–Crippen LogP) is 1.92. The first kappa shape index (κ1) is 21.4. The summed E-state index contributed by atoms with van der Waals surface area (Å²) in [5.74, 6) is -3.68. The van der Waals surface area contributed by atoms with Crippen LogP contribution in [0, 0.1) is 13.8 Å². The minimum atomic E-state index is -2.98. The number of nitrogens with zero attached hydrogens (tertiary/aromatic N) is 5. The van der Waals surface area contributed by atoms with Crippen LogP contribution >= 0.6 is 0 Å². The summed E-state index contributed by atoms with van der Waals surface area (Å²) >= 11 is 0. The molecule has 0 bridgehead atoms. The second-order valence-corrected chi connectivity index (χ2v) is 8.25. The highest BCUT2D eigenvalue weighted by Crippen LogP contribution is 2.34. The van der Waals surface area contributed by atoms with E-state index in [-0.39, 0.29) is 18.1 Å². The van der Waals surface area contributed by atoms with E-state index in [9.17, 15) is 18.4 Å². The fraction of sp³-hybridized carbons (Fsp3) is 0.524. The molecule has 0 saturated carbocycles. The van der Waals surface area contributed by atoms with Gasteiger partial charge in [-0.1, -0.05) is 22.4 Å². The Morgan fingerprint density at radius 1 is 1.13 bits per heavy atom. The summed E-state index contributed by atoms with van der Waals surface area (Å²) in [5, 5.41) is 7.85. The number of benzene rings is 1. The summed E-state index contributed by atoms with van der Waals surface area (Å²) in [7, 11) is 0. The zero-order valence-electron chi connectivity index (χ0n) is 17.6. The van der Waals surface area contributed by atoms with Gasteiger partial charge in [-0.05, 0) is 26.0 Å². The predicted molar refractivity (Wildman–Crippen MR) is 107 cm³/mol. The minimum Gasteiger partial charge on any atom is -0.378 e. The third-order valence-corrected chi connectivity index (χ3v) is 5.56. The molecule has 2 aliphatic rings. The maximum atomic E-state index is 14.2. The highest BCUT2D eigenvalue weighted by atomic mass is 19.3. The second kappa shape index (κ2) is 8.33. The molecule has 2 aliphatic heterocycles.